The summed E-state index contributed by atoms with van der Waals surface area (Å²) in [6.07, 6.45) is 51.0. The number of esters is 1. The molecule has 0 saturated carbocycles. The molecule has 0 aliphatic carbocycles. The van der Waals surface area contributed by atoms with Gasteiger partial charge in [-0.05, 0) is 172 Å². The van der Waals surface area contributed by atoms with E-state index in [2.05, 4.69) is 155 Å². The van der Waals surface area contributed by atoms with Crippen LogP contribution in [0.1, 0.15) is 328 Å². The molecule has 0 bridgehead atoms. The minimum atomic E-state index is -1.97. The Balaban J connectivity index is 0.000000512. The predicted molar refractivity (Wildman–Crippen MR) is 423 cm³/mol. The quantitative estimate of drug-likeness (QED) is 0.0191. The van der Waals surface area contributed by atoms with Gasteiger partial charge in [-0.25, -0.2) is 4.79 Å². The Morgan fingerprint density at radius 1 is 0.500 bits per heavy atom. The second-order valence-electron chi connectivity index (χ2n) is 33.6. The van der Waals surface area contributed by atoms with Gasteiger partial charge >= 0.3 is 5.97 Å². The van der Waals surface area contributed by atoms with Crippen LogP contribution < -0.4 is 0 Å². The van der Waals surface area contributed by atoms with Crippen LogP contribution >= 0.6 is 0 Å². The number of cyclic esters (lactones) is 1. The highest BCUT2D eigenvalue weighted by Gasteiger charge is 2.43. The Bertz CT molecular complexity index is 2440. The Morgan fingerprint density at radius 3 is 1.23 bits per heavy atom. The number of carbonyl (C=O) groups is 1. The zero-order valence-electron chi connectivity index (χ0n) is 68.3. The number of ether oxygens (including phenoxy) is 8. The van der Waals surface area contributed by atoms with E-state index in [1.807, 2.05) is 19.9 Å². The van der Waals surface area contributed by atoms with Crippen molar-refractivity contribution in [1.29, 1.82) is 0 Å². The van der Waals surface area contributed by atoms with Crippen LogP contribution in [0.5, 0.6) is 0 Å². The van der Waals surface area contributed by atoms with Crippen molar-refractivity contribution in [3.05, 3.63) is 11.6 Å². The van der Waals surface area contributed by atoms with Crippen LogP contribution in [0.4, 0.5) is 0 Å². The highest BCUT2D eigenvalue weighted by atomic mass is 28.4. The first-order valence-electron chi connectivity index (χ1n) is 41.0. The summed E-state index contributed by atoms with van der Waals surface area (Å²) in [5.74, 6) is 25.0. The summed E-state index contributed by atoms with van der Waals surface area (Å²) in [5.41, 5.74) is 0.651. The monoisotopic (exact) mass is 1430 g/mol. The van der Waals surface area contributed by atoms with Gasteiger partial charge in [0, 0.05) is 89.0 Å². The average molecular weight is 1430 g/mol. The largest absolute Gasteiger partial charge is 0.455 e. The summed E-state index contributed by atoms with van der Waals surface area (Å²) in [7, 11) is -0.508. The number of rotatable bonds is 43. The molecule has 0 amide bonds. The Morgan fingerprint density at radius 2 is 0.870 bits per heavy atom. The van der Waals surface area contributed by atoms with E-state index in [0.717, 1.165) is 96.5 Å². The van der Waals surface area contributed by atoms with E-state index in [9.17, 15) is 4.79 Å². The van der Waals surface area contributed by atoms with Crippen molar-refractivity contribution in [1.82, 2.24) is 0 Å². The van der Waals surface area contributed by atoms with Gasteiger partial charge in [0.25, 0.3) is 0 Å². The lowest BCUT2D eigenvalue weighted by Gasteiger charge is -2.39. The maximum Gasteiger partial charge on any atom is 0.334 e. The molecule has 0 aromatic carbocycles. The van der Waals surface area contributed by atoms with Gasteiger partial charge in [0.05, 0.1) is 54.9 Å². The first-order chi connectivity index (χ1) is 47.6. The van der Waals surface area contributed by atoms with Crippen molar-refractivity contribution in [3.8, 4) is 47.9 Å². The summed E-state index contributed by atoms with van der Waals surface area (Å²) < 4.78 is 60.8. The van der Waals surface area contributed by atoms with Gasteiger partial charge in [0.1, 0.15) is 12.9 Å². The number of unbranched alkanes of at least 4 members (excludes halogenated alkanes) is 14. The number of carbonyl (C=O) groups excluding carboxylic acids is 1. The molecule has 0 radical (unpaired) electrons. The molecule has 16 atom stereocenters. The summed E-state index contributed by atoms with van der Waals surface area (Å²) >= 11 is 0. The molecular formula is C87H154O11Si2. The van der Waals surface area contributed by atoms with E-state index in [-0.39, 0.29) is 95.7 Å². The highest BCUT2D eigenvalue weighted by molar-refractivity contribution is 6.74. The Kier molecular flexibility index (Phi) is 46.7. The van der Waals surface area contributed by atoms with Gasteiger partial charge in [-0.15, -0.1) is 36.0 Å². The summed E-state index contributed by atoms with van der Waals surface area (Å²) in [6, 6.07) is 0. The fraction of sp³-hybridized carbons (Fsp3) is 0.874. The summed E-state index contributed by atoms with van der Waals surface area (Å²) in [6.45, 7) is 41.7. The molecule has 4 saturated heterocycles. The topological polar surface area (TPSA) is 109 Å². The minimum Gasteiger partial charge on any atom is -0.455 e. The summed E-state index contributed by atoms with van der Waals surface area (Å²) in [4.78, 5) is 12.1. The Hall–Kier alpha value is -2.48. The van der Waals surface area contributed by atoms with Crippen molar-refractivity contribution >= 4 is 22.6 Å². The molecule has 0 aromatic heterocycles. The van der Waals surface area contributed by atoms with Crippen LogP contribution in [0.15, 0.2) is 11.6 Å². The molecule has 0 N–H and O–H groups in total. The van der Waals surface area contributed by atoms with E-state index >= 15 is 0 Å². The van der Waals surface area contributed by atoms with Crippen LogP contribution in [0.3, 0.4) is 0 Å². The molecule has 5 rings (SSSR count). The molecule has 0 spiro atoms. The van der Waals surface area contributed by atoms with Gasteiger partial charge in [0.2, 0.25) is 0 Å². The lowest BCUT2D eigenvalue weighted by atomic mass is 9.94. The van der Waals surface area contributed by atoms with Gasteiger partial charge in [-0.2, -0.15) is 0 Å². The molecule has 4 fully saturated rings. The molecule has 5 aliphatic heterocycles. The van der Waals surface area contributed by atoms with Gasteiger partial charge < -0.3 is 46.7 Å². The number of terminal acetylenes is 1. The van der Waals surface area contributed by atoms with Crippen molar-refractivity contribution < 1.29 is 51.5 Å². The van der Waals surface area contributed by atoms with Gasteiger partial charge in [0.15, 0.2) is 16.6 Å². The standard InChI is InChI=1S/C47H80O7Si.C37H66O3Si.C3H8O/c1-11-12-13-14-15-16-17-19-24-36(2)42-29-31-44(52-42)45-32-30-43(53-45)37(3)25-22-23-27-40(54-55(9,10)47(5,6)7)26-20-18-21-28-41(50-35-49-8)34-39-33-38(4)51-46(39)48;1-10-12-14-15-16-17-18-19-22-30(3)33-26-28-35(38-33)36-29-27-34(39-36)31(4)23-20-21-25-32(24-13-11-2)40-41(8,9)37(5,6)7;1-3-4-2/h33,36-38,40-45H,11-17,19-20,23-24,26-32,34-35H2,1-10H3;2,30-36H,10,12-19,21-22,24-29H2,1,3-9H3;3H2,1-2H3/t36-,37?,38+,40?,41?,42-,43-,44-,45-;30-,31?,32?,33-,34-,35-,36-;/m11./s1. The van der Waals surface area contributed by atoms with Crippen molar-refractivity contribution in [2.75, 3.05) is 27.6 Å². The zero-order chi connectivity index (χ0) is 74.0. The first-order valence-corrected chi connectivity index (χ1v) is 46.8. The van der Waals surface area contributed by atoms with Crippen LogP contribution in [-0.4, -0.2) is 123 Å². The Labute approximate surface area is 619 Å². The second kappa shape index (κ2) is 50.9. The average Bonchev–Trinajstić information content (AvgIpc) is 1.56. The third-order valence-corrected chi connectivity index (χ3v) is 31.8. The number of hydrogen-bond donors (Lipinski definition) is 0. The fourth-order valence-corrected chi connectivity index (χ4v) is 16.8. The molecule has 100 heavy (non-hydrogen) atoms. The van der Waals surface area contributed by atoms with E-state index < -0.39 is 16.6 Å². The maximum atomic E-state index is 12.1. The molecular weight excluding hydrogens is 1280 g/mol. The van der Waals surface area contributed by atoms with Crippen molar-refractivity contribution in [2.24, 2.45) is 23.7 Å². The normalized spacial score (nSPS) is 24.4. The third kappa shape index (κ3) is 36.7. The summed E-state index contributed by atoms with van der Waals surface area (Å²) in [5, 5.41) is 0.327. The van der Waals surface area contributed by atoms with Crippen LogP contribution in [0.25, 0.3) is 0 Å². The van der Waals surface area contributed by atoms with E-state index in [0.29, 0.717) is 42.5 Å². The van der Waals surface area contributed by atoms with Crippen LogP contribution in [0, 0.1) is 71.5 Å². The number of methoxy groups -OCH3 is 2. The SMILES string of the molecule is C#CCCC(CCC#CC(C)[C@H]1CC[C@H]([C@H]2CC[C@H]([C@H](C)CCCCCCCCCC)O2)O1)O[Si](C)(C)C(C)(C)C.CCCCCCCCCC[C@@H](C)[C@H]1CC[C@H]([C@H]2CC[C@H](C(C)C#CCCC(CCC#CCC(CC3=C[C@H](C)OC3=O)OCOC)O[Si](C)(C)C(C)(C)C)O2)O1.CCOC. The minimum absolute atomic E-state index is 0.109. The predicted octanol–water partition coefficient (Wildman–Crippen LogP) is 22.6. The second-order valence-corrected chi connectivity index (χ2v) is 43.1. The molecule has 0 aromatic rings. The fourth-order valence-electron chi connectivity index (χ4n) is 14.0. The molecule has 11 nitrogen and oxygen atoms in total. The van der Waals surface area contributed by atoms with Gasteiger partial charge in [-0.3, -0.25) is 0 Å². The smallest absolute Gasteiger partial charge is 0.334 e. The third-order valence-electron chi connectivity index (χ3n) is 22.8. The highest BCUT2D eigenvalue weighted by Crippen LogP contribution is 2.42. The first kappa shape index (κ1) is 91.7. The van der Waals surface area contributed by atoms with Crippen molar-refractivity contribution in [3.63, 3.8) is 0 Å². The molecule has 5 aliphatic rings. The van der Waals surface area contributed by atoms with Crippen molar-refractivity contribution in [2.45, 2.75) is 438 Å². The lowest BCUT2D eigenvalue weighted by molar-refractivity contribution is -0.139. The van der Waals surface area contributed by atoms with Crippen LogP contribution in [-0.2, 0) is 51.5 Å². The van der Waals surface area contributed by atoms with E-state index in [1.165, 1.54) is 128 Å². The molecule has 5 heterocycles. The molecule has 576 valence electrons. The lowest BCUT2D eigenvalue weighted by Crippen LogP contribution is -2.43. The zero-order valence-corrected chi connectivity index (χ0v) is 70.3. The molecule has 5 unspecified atom stereocenters. The van der Waals surface area contributed by atoms with Gasteiger partial charge in [-0.1, -0.05) is 184 Å². The van der Waals surface area contributed by atoms with E-state index in [4.69, 9.17) is 48.4 Å². The van der Waals surface area contributed by atoms with E-state index in [1.54, 1.807) is 14.2 Å². The maximum absolute atomic E-state index is 12.1. The van der Waals surface area contributed by atoms with Crippen LogP contribution in [0.2, 0.25) is 36.3 Å². The number of hydrogen-bond acceptors (Lipinski definition) is 11. The molecule has 13 heteroatoms.